The molecule has 0 aliphatic rings. The van der Waals surface area contributed by atoms with Crippen molar-refractivity contribution in [2.75, 3.05) is 13.2 Å². The SMILES string of the molecule is C=C(COCCCCC(F)(F)C(F)(F)S(=O)(=O)O)C(=O)OC(C)C. The highest BCUT2D eigenvalue weighted by atomic mass is 32.2. The van der Waals surface area contributed by atoms with Crippen LogP contribution in [0.4, 0.5) is 17.6 Å². The smallest absolute Gasteiger partial charge is 0.431 e. The van der Waals surface area contributed by atoms with Crippen LogP contribution in [-0.2, 0) is 24.4 Å². The third-order valence-corrected chi connectivity index (χ3v) is 3.63. The summed E-state index contributed by atoms with van der Waals surface area (Å²) in [5.41, 5.74) is 0.00642. The van der Waals surface area contributed by atoms with Crippen molar-refractivity contribution < 1.29 is 44.8 Å². The molecule has 0 bridgehead atoms. The quantitative estimate of drug-likeness (QED) is 0.195. The van der Waals surface area contributed by atoms with Crippen LogP contribution in [0.15, 0.2) is 12.2 Å². The highest BCUT2D eigenvalue weighted by Gasteiger charge is 2.64. The molecule has 0 aliphatic heterocycles. The summed E-state index contributed by atoms with van der Waals surface area (Å²) in [6.45, 7) is 6.32. The lowest BCUT2D eigenvalue weighted by Gasteiger charge is -2.23. The zero-order valence-electron chi connectivity index (χ0n) is 13.2. The third kappa shape index (κ3) is 6.73. The summed E-state index contributed by atoms with van der Waals surface area (Å²) in [4.78, 5) is 11.3. The Hall–Kier alpha value is -1.20. The molecule has 0 aromatic carbocycles. The van der Waals surface area contributed by atoms with Crippen molar-refractivity contribution in [3.63, 3.8) is 0 Å². The maximum absolute atomic E-state index is 13.2. The van der Waals surface area contributed by atoms with Crippen LogP contribution in [0, 0.1) is 0 Å². The first-order chi connectivity index (χ1) is 10.7. The molecule has 1 N–H and O–H groups in total. The van der Waals surface area contributed by atoms with Crippen molar-refractivity contribution in [1.82, 2.24) is 0 Å². The average Bonchev–Trinajstić information content (AvgIpc) is 2.39. The zero-order chi connectivity index (χ0) is 19.2. The van der Waals surface area contributed by atoms with E-state index in [0.29, 0.717) is 0 Å². The standard InChI is InChI=1S/C13H20F4O6S/c1-9(2)23-11(18)10(3)8-22-7-5-4-6-12(14,15)13(16,17)24(19,20)21/h9H,3-8H2,1-2H3,(H,19,20,21). The van der Waals surface area contributed by atoms with Gasteiger partial charge in [0.2, 0.25) is 0 Å². The van der Waals surface area contributed by atoms with Crippen LogP contribution in [-0.4, -0.2) is 49.4 Å². The molecule has 24 heavy (non-hydrogen) atoms. The summed E-state index contributed by atoms with van der Waals surface area (Å²) in [5, 5.41) is -5.56. The van der Waals surface area contributed by atoms with Gasteiger partial charge >= 0.3 is 27.3 Å². The molecule has 0 saturated heterocycles. The molecular weight excluding hydrogens is 360 g/mol. The zero-order valence-corrected chi connectivity index (χ0v) is 14.0. The first-order valence-corrected chi connectivity index (χ1v) is 8.35. The van der Waals surface area contributed by atoms with Gasteiger partial charge in [0.15, 0.2) is 0 Å². The van der Waals surface area contributed by atoms with E-state index in [-0.39, 0.29) is 31.3 Å². The van der Waals surface area contributed by atoms with Crippen LogP contribution in [0.1, 0.15) is 33.1 Å². The molecule has 0 spiro atoms. The second kappa shape index (κ2) is 8.77. The maximum atomic E-state index is 13.2. The molecule has 6 nitrogen and oxygen atoms in total. The first kappa shape index (κ1) is 22.8. The number of hydrogen-bond donors (Lipinski definition) is 1. The molecule has 0 unspecified atom stereocenters. The van der Waals surface area contributed by atoms with Gasteiger partial charge in [0, 0.05) is 13.0 Å². The van der Waals surface area contributed by atoms with E-state index in [1.807, 2.05) is 0 Å². The van der Waals surface area contributed by atoms with Crippen molar-refractivity contribution in [3.8, 4) is 0 Å². The summed E-state index contributed by atoms with van der Waals surface area (Å²) < 4.78 is 90.7. The van der Waals surface area contributed by atoms with E-state index in [1.165, 1.54) is 0 Å². The molecule has 0 heterocycles. The van der Waals surface area contributed by atoms with Gasteiger partial charge in [-0.05, 0) is 26.7 Å². The summed E-state index contributed by atoms with van der Waals surface area (Å²) in [6.07, 6.45) is -2.38. The van der Waals surface area contributed by atoms with Gasteiger partial charge in [-0.3, -0.25) is 4.55 Å². The number of esters is 1. The van der Waals surface area contributed by atoms with Gasteiger partial charge in [0.05, 0.1) is 18.3 Å². The van der Waals surface area contributed by atoms with Gasteiger partial charge < -0.3 is 9.47 Å². The number of carbonyl (C=O) groups is 1. The average molecular weight is 380 g/mol. The van der Waals surface area contributed by atoms with E-state index < -0.39 is 40.1 Å². The Balaban J connectivity index is 4.15. The molecule has 0 amide bonds. The fourth-order valence-corrected chi connectivity index (χ4v) is 1.92. The van der Waals surface area contributed by atoms with E-state index in [4.69, 9.17) is 14.0 Å². The fraction of sp³-hybridized carbons (Fsp3) is 0.769. The van der Waals surface area contributed by atoms with Crippen LogP contribution < -0.4 is 0 Å². The minimum absolute atomic E-state index is 0.00642. The van der Waals surface area contributed by atoms with Crippen LogP contribution in [0.3, 0.4) is 0 Å². The number of rotatable bonds is 11. The van der Waals surface area contributed by atoms with Gasteiger partial charge in [-0.2, -0.15) is 26.0 Å². The number of alkyl halides is 4. The van der Waals surface area contributed by atoms with Crippen molar-refractivity contribution in [2.45, 2.75) is 50.4 Å². The Morgan fingerprint density at radius 2 is 1.75 bits per heavy atom. The predicted octanol–water partition coefficient (Wildman–Crippen LogP) is 2.80. The molecule has 0 radical (unpaired) electrons. The third-order valence-electron chi connectivity index (χ3n) is 2.69. The molecule has 0 aromatic rings. The number of unbranched alkanes of at least 4 members (excludes halogenated alkanes) is 1. The van der Waals surface area contributed by atoms with Crippen molar-refractivity contribution in [1.29, 1.82) is 0 Å². The molecule has 142 valence electrons. The molecule has 11 heteroatoms. The minimum atomic E-state index is -6.22. The first-order valence-electron chi connectivity index (χ1n) is 6.91. The van der Waals surface area contributed by atoms with Crippen molar-refractivity contribution >= 4 is 16.1 Å². The van der Waals surface area contributed by atoms with Crippen molar-refractivity contribution in [3.05, 3.63) is 12.2 Å². The van der Waals surface area contributed by atoms with Gasteiger partial charge in [0.1, 0.15) is 0 Å². The van der Waals surface area contributed by atoms with Gasteiger partial charge in [-0.15, -0.1) is 0 Å². The lowest BCUT2D eigenvalue weighted by atomic mass is 10.1. The normalized spacial score (nSPS) is 13.2. The largest absolute Gasteiger partial charge is 0.460 e. The van der Waals surface area contributed by atoms with E-state index in [0.717, 1.165) is 0 Å². The predicted molar refractivity (Wildman–Crippen MR) is 76.5 cm³/mol. The highest BCUT2D eigenvalue weighted by molar-refractivity contribution is 7.87. The summed E-state index contributed by atoms with van der Waals surface area (Å²) >= 11 is 0. The fourth-order valence-electron chi connectivity index (χ4n) is 1.44. The molecule has 0 saturated carbocycles. The Morgan fingerprint density at radius 3 is 2.21 bits per heavy atom. The second-order valence-corrected chi connectivity index (χ2v) is 6.73. The van der Waals surface area contributed by atoms with Gasteiger partial charge in [-0.1, -0.05) is 6.58 Å². The maximum Gasteiger partial charge on any atom is 0.431 e. The van der Waals surface area contributed by atoms with Gasteiger partial charge in [0.25, 0.3) is 0 Å². The number of halogens is 4. The number of hydrogen-bond acceptors (Lipinski definition) is 5. The van der Waals surface area contributed by atoms with E-state index in [1.54, 1.807) is 13.8 Å². The molecule has 0 atom stereocenters. The Morgan fingerprint density at radius 1 is 1.21 bits per heavy atom. The minimum Gasteiger partial charge on any atom is -0.460 e. The molecule has 0 fully saturated rings. The summed E-state index contributed by atoms with van der Waals surface area (Å²) in [6, 6.07) is 0. The summed E-state index contributed by atoms with van der Waals surface area (Å²) in [7, 11) is -6.22. The molecule has 0 rings (SSSR count). The van der Waals surface area contributed by atoms with Crippen LogP contribution in [0.5, 0.6) is 0 Å². The monoisotopic (exact) mass is 380 g/mol. The Bertz CT molecular complexity index is 545. The number of carbonyl (C=O) groups excluding carboxylic acids is 1. The number of ether oxygens (including phenoxy) is 2. The lowest BCUT2D eigenvalue weighted by molar-refractivity contribution is -0.165. The highest BCUT2D eigenvalue weighted by Crippen LogP contribution is 2.41. The second-order valence-electron chi connectivity index (χ2n) is 5.26. The van der Waals surface area contributed by atoms with E-state index >= 15 is 0 Å². The molecular formula is C13H20F4O6S. The van der Waals surface area contributed by atoms with Crippen LogP contribution >= 0.6 is 0 Å². The van der Waals surface area contributed by atoms with Crippen LogP contribution in [0.2, 0.25) is 0 Å². The topological polar surface area (TPSA) is 89.9 Å². The van der Waals surface area contributed by atoms with Gasteiger partial charge in [-0.25, -0.2) is 4.79 Å². The van der Waals surface area contributed by atoms with E-state index in [2.05, 4.69) is 6.58 Å². The Kier molecular flexibility index (Phi) is 8.33. The lowest BCUT2D eigenvalue weighted by Crippen LogP contribution is -2.46. The molecule has 0 aliphatic carbocycles. The van der Waals surface area contributed by atoms with Crippen molar-refractivity contribution in [2.24, 2.45) is 0 Å². The molecule has 0 aromatic heterocycles. The summed E-state index contributed by atoms with van der Waals surface area (Å²) in [5.74, 6) is -5.59. The van der Waals surface area contributed by atoms with Crippen LogP contribution in [0.25, 0.3) is 0 Å². The van der Waals surface area contributed by atoms with E-state index in [9.17, 15) is 30.8 Å². The Labute approximate surface area is 137 Å².